The molecular formula is C26H28FN7O3. The molecule has 11 heteroatoms. The number of aryl methyl sites for hydroxylation is 1. The van der Waals surface area contributed by atoms with Crippen molar-refractivity contribution in [1.29, 1.82) is 0 Å². The number of halogens is 1. The second-order valence-corrected chi connectivity index (χ2v) is 9.99. The minimum Gasteiger partial charge on any atom is -0.465 e. The summed E-state index contributed by atoms with van der Waals surface area (Å²) in [7, 11) is 1.92. The van der Waals surface area contributed by atoms with Gasteiger partial charge in [-0.3, -0.25) is 4.79 Å². The van der Waals surface area contributed by atoms with Crippen molar-refractivity contribution in [1.82, 2.24) is 29.3 Å². The number of carboxylic acid groups (broad SMARTS) is 1. The predicted molar refractivity (Wildman–Crippen MR) is 137 cm³/mol. The second-order valence-electron chi connectivity index (χ2n) is 9.99. The van der Waals surface area contributed by atoms with Gasteiger partial charge >= 0.3 is 6.09 Å². The lowest BCUT2D eigenvalue weighted by atomic mass is 10.0. The summed E-state index contributed by atoms with van der Waals surface area (Å²) in [5, 5.41) is 12.1. The fourth-order valence-electron chi connectivity index (χ4n) is 5.30. The quantitative estimate of drug-likeness (QED) is 0.331. The van der Waals surface area contributed by atoms with Crippen molar-refractivity contribution in [2.45, 2.75) is 31.8 Å². The molecule has 0 radical (unpaired) electrons. The Labute approximate surface area is 211 Å². The van der Waals surface area contributed by atoms with E-state index in [0.717, 1.165) is 34.7 Å². The number of fused-ring (bicyclic) bond motifs is 3. The first-order valence-corrected chi connectivity index (χ1v) is 12.4. The van der Waals surface area contributed by atoms with E-state index in [1.165, 1.54) is 17.7 Å². The molecule has 2 amide bonds. The van der Waals surface area contributed by atoms with E-state index in [2.05, 4.69) is 22.0 Å². The molecule has 1 aromatic carbocycles. The van der Waals surface area contributed by atoms with E-state index in [1.54, 1.807) is 6.07 Å². The molecule has 0 spiro atoms. The molecule has 10 nitrogen and oxygen atoms in total. The number of hydrogen-bond acceptors (Lipinski definition) is 5. The highest BCUT2D eigenvalue weighted by molar-refractivity contribution is 5.99. The Bertz CT molecular complexity index is 1560. The van der Waals surface area contributed by atoms with Crippen LogP contribution in [-0.2, 0) is 20.0 Å². The Hall–Kier alpha value is -4.15. The molecule has 4 aromatic rings. The van der Waals surface area contributed by atoms with E-state index in [4.69, 9.17) is 20.8 Å². The zero-order chi connectivity index (χ0) is 25.8. The van der Waals surface area contributed by atoms with Crippen LogP contribution in [0.3, 0.4) is 0 Å². The van der Waals surface area contributed by atoms with Crippen LogP contribution >= 0.6 is 0 Å². The van der Waals surface area contributed by atoms with Crippen molar-refractivity contribution < 1.29 is 19.1 Å². The summed E-state index contributed by atoms with van der Waals surface area (Å²) >= 11 is 0. The van der Waals surface area contributed by atoms with Gasteiger partial charge in [0.2, 0.25) is 0 Å². The van der Waals surface area contributed by atoms with E-state index < -0.39 is 18.8 Å². The number of nitrogens with one attached hydrogen (secondary N) is 1. The fraction of sp³-hybridized carbons (Fsp3) is 0.385. The van der Waals surface area contributed by atoms with Crippen LogP contribution in [0.2, 0.25) is 0 Å². The molecule has 1 atom stereocenters. The number of carbonyl (C=O) groups excluding carboxylic acids is 1. The van der Waals surface area contributed by atoms with Gasteiger partial charge in [-0.1, -0.05) is 12.1 Å². The average Bonchev–Trinajstić information content (AvgIpc) is 3.54. The van der Waals surface area contributed by atoms with E-state index in [1.807, 2.05) is 23.7 Å². The number of rotatable bonds is 7. The number of alkyl halides is 1. The Balaban J connectivity index is 1.40. The minimum atomic E-state index is -1.32. The van der Waals surface area contributed by atoms with Gasteiger partial charge < -0.3 is 30.2 Å². The van der Waals surface area contributed by atoms with Crippen LogP contribution in [0.5, 0.6) is 0 Å². The van der Waals surface area contributed by atoms with Crippen LogP contribution in [0, 0.1) is 5.92 Å². The summed E-state index contributed by atoms with van der Waals surface area (Å²) in [5.74, 6) is 1.07. The maximum atomic E-state index is 13.3. The maximum Gasteiger partial charge on any atom is 0.405 e. The van der Waals surface area contributed by atoms with Crippen LogP contribution in [-0.4, -0.2) is 66.9 Å². The molecule has 2 aliphatic rings. The van der Waals surface area contributed by atoms with Crippen molar-refractivity contribution >= 4 is 39.8 Å². The van der Waals surface area contributed by atoms with Crippen molar-refractivity contribution in [2.75, 3.05) is 25.5 Å². The first-order valence-electron chi connectivity index (χ1n) is 12.4. The topological polar surface area (TPSA) is 131 Å². The summed E-state index contributed by atoms with van der Waals surface area (Å²) in [4.78, 5) is 35.3. The summed E-state index contributed by atoms with van der Waals surface area (Å²) in [6, 6.07) is 8.78. The third kappa shape index (κ3) is 4.04. The Kier molecular flexibility index (Phi) is 5.50. The summed E-state index contributed by atoms with van der Waals surface area (Å²) in [6.07, 6.45) is 1.57. The smallest absolute Gasteiger partial charge is 0.405 e. The Morgan fingerprint density at radius 2 is 2.11 bits per heavy atom. The minimum absolute atomic E-state index is 0.0464. The van der Waals surface area contributed by atoms with Crippen LogP contribution in [0.25, 0.3) is 33.6 Å². The van der Waals surface area contributed by atoms with Crippen LogP contribution in [0.1, 0.15) is 28.9 Å². The van der Waals surface area contributed by atoms with Crippen molar-refractivity contribution in [3.05, 3.63) is 41.6 Å². The van der Waals surface area contributed by atoms with Crippen molar-refractivity contribution in [3.8, 4) is 11.5 Å². The number of carbonyl (C=O) groups is 2. The van der Waals surface area contributed by atoms with Gasteiger partial charge in [0.15, 0.2) is 11.5 Å². The van der Waals surface area contributed by atoms with Gasteiger partial charge in [0, 0.05) is 38.5 Å². The van der Waals surface area contributed by atoms with E-state index in [9.17, 15) is 14.0 Å². The van der Waals surface area contributed by atoms with Gasteiger partial charge in [-0.25, -0.2) is 19.2 Å². The average molecular weight is 506 g/mol. The highest BCUT2D eigenvalue weighted by atomic mass is 19.1. The highest BCUT2D eigenvalue weighted by Crippen LogP contribution is 2.38. The number of pyridine rings is 1. The molecule has 1 aliphatic carbocycles. The monoisotopic (exact) mass is 505 g/mol. The van der Waals surface area contributed by atoms with E-state index >= 15 is 0 Å². The van der Waals surface area contributed by atoms with Crippen molar-refractivity contribution in [2.24, 2.45) is 13.0 Å². The van der Waals surface area contributed by atoms with Crippen LogP contribution in [0.4, 0.5) is 14.9 Å². The third-order valence-corrected chi connectivity index (χ3v) is 7.33. The number of anilines is 1. The molecule has 1 saturated carbocycles. The molecule has 37 heavy (non-hydrogen) atoms. The fourth-order valence-corrected chi connectivity index (χ4v) is 5.30. The Morgan fingerprint density at radius 1 is 1.30 bits per heavy atom. The molecule has 6 rings (SSSR count). The van der Waals surface area contributed by atoms with Gasteiger partial charge in [0.25, 0.3) is 5.91 Å². The summed E-state index contributed by atoms with van der Waals surface area (Å²) < 4.78 is 17.5. The van der Waals surface area contributed by atoms with E-state index in [-0.39, 0.29) is 12.5 Å². The molecule has 1 fully saturated rings. The van der Waals surface area contributed by atoms with Gasteiger partial charge in [0.1, 0.15) is 12.2 Å². The zero-order valence-electron chi connectivity index (χ0n) is 20.4. The lowest BCUT2D eigenvalue weighted by molar-refractivity contribution is 0.0712. The number of aromatic nitrogens is 4. The van der Waals surface area contributed by atoms with Crippen LogP contribution in [0.15, 0.2) is 30.3 Å². The number of amides is 2. The second kappa shape index (κ2) is 8.75. The van der Waals surface area contributed by atoms with Gasteiger partial charge in [-0.2, -0.15) is 0 Å². The van der Waals surface area contributed by atoms with Crippen molar-refractivity contribution in [3.63, 3.8) is 0 Å². The van der Waals surface area contributed by atoms with Crippen LogP contribution < -0.4 is 11.1 Å². The molecule has 0 bridgehead atoms. The maximum absolute atomic E-state index is 13.3. The number of benzene rings is 1. The molecule has 3 aromatic heterocycles. The molecular weight excluding hydrogens is 477 g/mol. The lowest BCUT2D eigenvalue weighted by Gasteiger charge is -2.30. The molecule has 192 valence electrons. The standard InChI is InChI=1S/C26H28FN7O3/c1-32-23-20(10-17-19(30-23)7-8-33(25(17)35)13-16(11-27)29-26(36)37)31-24(32)21-9-15-3-2-4-18(28)22(15)34(21)12-14-5-6-14/h2-4,9-10,14,16,29H,5-8,11-13,28H2,1H3,(H,36,37). The lowest BCUT2D eigenvalue weighted by Crippen LogP contribution is -2.48. The number of nitrogens with two attached hydrogens (primary N) is 1. The number of imidazole rings is 1. The molecule has 4 N–H and O–H groups in total. The SMILES string of the molecule is Cn1c(-c2cc3cccc(N)c3n2CC2CC2)nc2cc3c(nc21)CCN(CC(CF)NC(=O)O)C3=O. The van der Waals surface area contributed by atoms with Gasteiger partial charge in [0.05, 0.1) is 34.2 Å². The first kappa shape index (κ1) is 23.3. The number of nitrogens with zero attached hydrogens (tertiary/aromatic N) is 5. The highest BCUT2D eigenvalue weighted by Gasteiger charge is 2.30. The van der Waals surface area contributed by atoms with Gasteiger partial charge in [-0.05, 0) is 37.0 Å². The largest absolute Gasteiger partial charge is 0.465 e. The zero-order valence-corrected chi connectivity index (χ0v) is 20.4. The Morgan fingerprint density at radius 3 is 2.84 bits per heavy atom. The molecule has 4 heterocycles. The number of hydrogen-bond donors (Lipinski definition) is 3. The summed E-state index contributed by atoms with van der Waals surface area (Å²) in [6.45, 7) is 0.258. The molecule has 0 saturated heterocycles. The molecule has 1 unspecified atom stereocenters. The first-order chi connectivity index (χ1) is 17.8. The van der Waals surface area contributed by atoms with Gasteiger partial charge in [-0.15, -0.1) is 0 Å². The number of para-hydroxylation sites is 1. The summed E-state index contributed by atoms with van der Waals surface area (Å²) in [5.41, 5.74) is 11.4. The third-order valence-electron chi connectivity index (χ3n) is 7.33. The normalized spacial score (nSPS) is 16.4. The molecule has 1 aliphatic heterocycles. The predicted octanol–water partition coefficient (Wildman–Crippen LogP) is 3.19. The van der Waals surface area contributed by atoms with E-state index in [0.29, 0.717) is 41.3 Å². The number of nitrogen functional groups attached to an aromatic ring is 1.